The third-order valence-electron chi connectivity index (χ3n) is 4.49. The molecule has 0 unspecified atom stereocenters. The molecule has 3 aromatic carbocycles. The van der Waals surface area contributed by atoms with Crippen molar-refractivity contribution in [1.29, 1.82) is 0 Å². The average molecular weight is 442 g/mol. The largest absolute Gasteiger partial charge is 0.393 e. The van der Waals surface area contributed by atoms with Gasteiger partial charge in [0.2, 0.25) is 0 Å². The molecule has 1 aliphatic heterocycles. The summed E-state index contributed by atoms with van der Waals surface area (Å²) in [5.74, 6) is 0. The van der Waals surface area contributed by atoms with E-state index in [1.807, 2.05) is 31.2 Å². The molecule has 162 valence electrons. The van der Waals surface area contributed by atoms with Crippen molar-refractivity contribution < 1.29 is 4.79 Å². The summed E-state index contributed by atoms with van der Waals surface area (Å²) in [6.45, 7) is 5.25. The lowest BCUT2D eigenvalue weighted by atomic mass is 9.95. The lowest BCUT2D eigenvalue weighted by Gasteiger charge is -2.22. The Kier molecular flexibility index (Phi) is 8.35. The Morgan fingerprint density at radius 1 is 0.906 bits per heavy atom. The first kappa shape index (κ1) is 23.0. The molecule has 0 saturated carbocycles. The number of fused-ring (bicyclic) bond motifs is 2. The van der Waals surface area contributed by atoms with Gasteiger partial charge in [-0.3, -0.25) is 0 Å². The first-order valence-corrected chi connectivity index (χ1v) is 11.1. The maximum Gasteiger partial charge on any atom is 0.323 e. The number of carbonyl (C=O) groups excluding carboxylic acids is 1. The van der Waals surface area contributed by atoms with Gasteiger partial charge in [0, 0.05) is 34.9 Å². The van der Waals surface area contributed by atoms with Crippen LogP contribution in [0.1, 0.15) is 23.6 Å². The number of nitrogens with one attached hydrogen (secondary N) is 3. The average Bonchev–Trinajstić information content (AvgIpc) is 2.80. The van der Waals surface area contributed by atoms with E-state index in [9.17, 15) is 4.79 Å². The van der Waals surface area contributed by atoms with Gasteiger partial charge in [0.05, 0.1) is 0 Å². The standard InChI is InChI=1S/C24H21N3OS.C3H6/c1-25-13-14-26-24(28)27-18-8-6-7-17(15-18)16-21-19-9-2-4-11-22(19)29-23-12-5-3-10-20(21)23;1-3-2/h2-16,25H,1H3,(H2,26,27,28);3H,1H2,2H3/b14-13+;. The summed E-state index contributed by atoms with van der Waals surface area (Å²) in [5.41, 5.74) is 5.41. The van der Waals surface area contributed by atoms with Crippen molar-refractivity contribution in [2.45, 2.75) is 16.7 Å². The van der Waals surface area contributed by atoms with Crippen molar-refractivity contribution in [3.63, 3.8) is 0 Å². The highest BCUT2D eigenvalue weighted by atomic mass is 32.2. The van der Waals surface area contributed by atoms with E-state index in [0.29, 0.717) is 0 Å². The van der Waals surface area contributed by atoms with E-state index in [-0.39, 0.29) is 6.03 Å². The van der Waals surface area contributed by atoms with Crippen molar-refractivity contribution in [2.75, 3.05) is 12.4 Å². The second-order valence-electron chi connectivity index (χ2n) is 6.91. The number of carbonyl (C=O) groups is 1. The summed E-state index contributed by atoms with van der Waals surface area (Å²) in [6, 6.07) is 24.5. The minimum atomic E-state index is -0.286. The lowest BCUT2D eigenvalue weighted by Crippen LogP contribution is -2.24. The molecule has 0 aliphatic carbocycles. The van der Waals surface area contributed by atoms with Crippen molar-refractivity contribution in [2.24, 2.45) is 0 Å². The first-order chi connectivity index (χ1) is 15.7. The molecule has 0 radical (unpaired) electrons. The zero-order valence-corrected chi connectivity index (χ0v) is 19.1. The van der Waals surface area contributed by atoms with Gasteiger partial charge in [0.15, 0.2) is 0 Å². The number of amides is 2. The fraction of sp³-hybridized carbons (Fsp3) is 0.0741. The Balaban J connectivity index is 0.000000913. The third-order valence-corrected chi connectivity index (χ3v) is 5.65. The SMILES string of the molecule is C=CC.CN/C=C/NC(=O)Nc1cccc(C=C2c3ccccc3Sc3ccccc32)c1. The van der Waals surface area contributed by atoms with Crippen molar-refractivity contribution in [3.8, 4) is 0 Å². The number of hydrogen-bond acceptors (Lipinski definition) is 3. The van der Waals surface area contributed by atoms with E-state index in [1.165, 1.54) is 26.5 Å². The Morgan fingerprint density at radius 3 is 2.16 bits per heavy atom. The molecule has 0 bridgehead atoms. The van der Waals surface area contributed by atoms with Crippen LogP contribution in [0, 0.1) is 0 Å². The molecule has 1 heterocycles. The molecule has 0 fully saturated rings. The summed E-state index contributed by atoms with van der Waals surface area (Å²) in [5, 5.41) is 8.33. The van der Waals surface area contributed by atoms with E-state index in [4.69, 9.17) is 0 Å². The highest BCUT2D eigenvalue weighted by Gasteiger charge is 2.20. The van der Waals surface area contributed by atoms with Crippen molar-refractivity contribution in [1.82, 2.24) is 10.6 Å². The number of allylic oxidation sites excluding steroid dienone is 1. The minimum Gasteiger partial charge on any atom is -0.393 e. The van der Waals surface area contributed by atoms with Crippen LogP contribution >= 0.6 is 11.8 Å². The van der Waals surface area contributed by atoms with E-state index in [1.54, 1.807) is 37.3 Å². The smallest absolute Gasteiger partial charge is 0.323 e. The van der Waals surface area contributed by atoms with E-state index in [0.717, 1.165) is 11.3 Å². The normalized spacial score (nSPS) is 11.4. The predicted molar refractivity (Wildman–Crippen MR) is 137 cm³/mol. The molecule has 2 amide bonds. The second kappa shape index (κ2) is 11.6. The molecule has 3 aromatic rings. The minimum absolute atomic E-state index is 0.286. The topological polar surface area (TPSA) is 53.2 Å². The van der Waals surface area contributed by atoms with Gasteiger partial charge in [0.25, 0.3) is 0 Å². The summed E-state index contributed by atoms with van der Waals surface area (Å²) in [4.78, 5) is 14.5. The highest BCUT2D eigenvalue weighted by Crippen LogP contribution is 2.45. The highest BCUT2D eigenvalue weighted by molar-refractivity contribution is 7.99. The Labute approximate surface area is 194 Å². The van der Waals surface area contributed by atoms with Crippen LogP contribution in [0.2, 0.25) is 0 Å². The molecule has 0 aromatic heterocycles. The van der Waals surface area contributed by atoms with Gasteiger partial charge in [0.1, 0.15) is 0 Å². The number of hydrogen-bond donors (Lipinski definition) is 3. The van der Waals surface area contributed by atoms with Crippen molar-refractivity contribution >= 4 is 35.1 Å². The molecular formula is C27H27N3OS. The van der Waals surface area contributed by atoms with Crippen LogP contribution in [0.25, 0.3) is 11.6 Å². The second-order valence-corrected chi connectivity index (χ2v) is 7.99. The lowest BCUT2D eigenvalue weighted by molar-refractivity contribution is 0.255. The Morgan fingerprint density at radius 2 is 1.53 bits per heavy atom. The molecule has 1 aliphatic rings. The molecule has 0 spiro atoms. The van der Waals surface area contributed by atoms with E-state index < -0.39 is 0 Å². The fourth-order valence-corrected chi connectivity index (χ4v) is 4.32. The summed E-state index contributed by atoms with van der Waals surface area (Å²) in [6.07, 6.45) is 7.13. The van der Waals surface area contributed by atoms with Crippen LogP contribution in [0.3, 0.4) is 0 Å². The third kappa shape index (κ3) is 5.93. The molecular weight excluding hydrogens is 414 g/mol. The number of rotatable bonds is 4. The zero-order chi connectivity index (χ0) is 22.8. The van der Waals surface area contributed by atoms with Gasteiger partial charge in [-0.05, 0) is 59.5 Å². The van der Waals surface area contributed by atoms with Gasteiger partial charge in [-0.25, -0.2) is 4.79 Å². The quantitative estimate of drug-likeness (QED) is 0.307. The summed E-state index contributed by atoms with van der Waals surface area (Å²) >= 11 is 1.80. The molecule has 3 N–H and O–H groups in total. The van der Waals surface area contributed by atoms with Gasteiger partial charge in [-0.1, -0.05) is 66.4 Å². The van der Waals surface area contributed by atoms with Gasteiger partial charge in [-0.15, -0.1) is 6.58 Å². The number of benzene rings is 3. The van der Waals surface area contributed by atoms with Crippen LogP contribution in [0.5, 0.6) is 0 Å². The maximum absolute atomic E-state index is 12.0. The monoisotopic (exact) mass is 441 g/mol. The molecule has 0 saturated heterocycles. The first-order valence-electron chi connectivity index (χ1n) is 10.3. The molecule has 4 nitrogen and oxygen atoms in total. The Hall–Kier alpha value is -3.70. The van der Waals surface area contributed by atoms with Crippen LogP contribution in [-0.4, -0.2) is 13.1 Å². The van der Waals surface area contributed by atoms with Gasteiger partial charge >= 0.3 is 6.03 Å². The molecule has 5 heteroatoms. The number of urea groups is 1. The maximum atomic E-state index is 12.0. The van der Waals surface area contributed by atoms with Crippen LogP contribution in [0.15, 0.2) is 108 Å². The van der Waals surface area contributed by atoms with Crippen LogP contribution < -0.4 is 16.0 Å². The van der Waals surface area contributed by atoms with Gasteiger partial charge < -0.3 is 16.0 Å². The summed E-state index contributed by atoms with van der Waals surface area (Å²) in [7, 11) is 1.77. The Bertz CT molecular complexity index is 1100. The van der Waals surface area contributed by atoms with E-state index >= 15 is 0 Å². The molecule has 32 heavy (non-hydrogen) atoms. The van der Waals surface area contributed by atoms with Crippen molar-refractivity contribution in [3.05, 3.63) is 115 Å². The zero-order valence-electron chi connectivity index (χ0n) is 18.3. The van der Waals surface area contributed by atoms with Crippen LogP contribution in [-0.2, 0) is 0 Å². The molecule has 4 rings (SSSR count). The predicted octanol–water partition coefficient (Wildman–Crippen LogP) is 6.74. The number of anilines is 1. The van der Waals surface area contributed by atoms with Gasteiger partial charge in [-0.2, -0.15) is 0 Å². The summed E-state index contributed by atoms with van der Waals surface area (Å²) < 4.78 is 0. The molecule has 0 atom stereocenters. The van der Waals surface area contributed by atoms with E-state index in [2.05, 4.69) is 77.1 Å². The fourth-order valence-electron chi connectivity index (χ4n) is 3.22. The van der Waals surface area contributed by atoms with Crippen LogP contribution in [0.4, 0.5) is 10.5 Å².